The van der Waals surface area contributed by atoms with Crippen molar-refractivity contribution in [2.75, 3.05) is 5.73 Å². The number of halogens is 1. The van der Waals surface area contributed by atoms with E-state index < -0.39 is 10.0 Å². The fourth-order valence-corrected chi connectivity index (χ4v) is 3.73. The van der Waals surface area contributed by atoms with Crippen LogP contribution in [0, 0.1) is 6.92 Å². The molecule has 106 valence electrons. The van der Waals surface area contributed by atoms with Crippen LogP contribution < -0.4 is 10.9 Å². The molecule has 0 aliphatic rings. The van der Waals surface area contributed by atoms with E-state index in [1.54, 1.807) is 25.1 Å². The van der Waals surface area contributed by atoms with Crippen molar-refractivity contribution in [3.63, 3.8) is 0 Å². The van der Waals surface area contributed by atoms with E-state index in [9.17, 15) is 8.42 Å². The summed E-state index contributed by atoms with van der Waals surface area (Å²) >= 11 is 7.24. The Morgan fingerprint density at radius 1 is 1.15 bits per heavy atom. The van der Waals surface area contributed by atoms with Gasteiger partial charge in [0.05, 0.1) is 4.90 Å². The van der Waals surface area contributed by atoms with Crippen molar-refractivity contribution in [2.24, 2.45) is 5.14 Å². The van der Waals surface area contributed by atoms with Gasteiger partial charge in [0.15, 0.2) is 0 Å². The van der Waals surface area contributed by atoms with Crippen LogP contribution >= 0.6 is 23.4 Å². The lowest BCUT2D eigenvalue weighted by Gasteiger charge is -2.11. The van der Waals surface area contributed by atoms with Crippen LogP contribution in [-0.2, 0) is 10.0 Å². The van der Waals surface area contributed by atoms with Gasteiger partial charge < -0.3 is 5.73 Å². The Morgan fingerprint density at radius 2 is 1.75 bits per heavy atom. The fourth-order valence-electron chi connectivity index (χ4n) is 1.71. The molecule has 4 N–H and O–H groups in total. The molecular weight excluding hydrogens is 316 g/mol. The minimum atomic E-state index is -3.79. The number of anilines is 1. The van der Waals surface area contributed by atoms with Crippen LogP contribution in [-0.4, -0.2) is 8.42 Å². The van der Waals surface area contributed by atoms with Gasteiger partial charge in [-0.1, -0.05) is 23.4 Å². The summed E-state index contributed by atoms with van der Waals surface area (Å²) in [6.45, 7) is 1.71. The molecule has 0 radical (unpaired) electrons. The topological polar surface area (TPSA) is 86.2 Å². The highest BCUT2D eigenvalue weighted by Crippen LogP contribution is 2.35. The van der Waals surface area contributed by atoms with Gasteiger partial charge in [-0.2, -0.15) is 0 Å². The second-order valence-corrected chi connectivity index (χ2v) is 7.32. The Balaban J connectivity index is 2.47. The van der Waals surface area contributed by atoms with Crippen LogP contribution in [0.15, 0.2) is 51.1 Å². The average Bonchev–Trinajstić information content (AvgIpc) is 2.35. The quantitative estimate of drug-likeness (QED) is 0.848. The highest BCUT2D eigenvalue weighted by Gasteiger charge is 2.16. The van der Waals surface area contributed by atoms with E-state index >= 15 is 0 Å². The van der Waals surface area contributed by atoms with E-state index in [4.69, 9.17) is 22.5 Å². The first-order valence-corrected chi connectivity index (χ1v) is 8.38. The molecule has 0 unspecified atom stereocenters. The zero-order valence-corrected chi connectivity index (χ0v) is 13.0. The number of hydrogen-bond donors (Lipinski definition) is 2. The second kappa shape index (κ2) is 5.65. The largest absolute Gasteiger partial charge is 0.399 e. The molecule has 4 nitrogen and oxygen atoms in total. The van der Waals surface area contributed by atoms with E-state index in [1.165, 1.54) is 17.8 Å². The number of nitrogen functional groups attached to an aromatic ring is 1. The van der Waals surface area contributed by atoms with Gasteiger partial charge in [0.1, 0.15) is 0 Å². The molecule has 0 spiro atoms. The minimum Gasteiger partial charge on any atom is -0.399 e. The predicted octanol–water partition coefficient (Wildman–Crippen LogP) is 3.03. The van der Waals surface area contributed by atoms with Crippen molar-refractivity contribution >= 4 is 39.1 Å². The number of nitrogens with two attached hydrogens (primary N) is 2. The highest BCUT2D eigenvalue weighted by molar-refractivity contribution is 7.99. The number of hydrogen-bond acceptors (Lipinski definition) is 4. The molecule has 0 fully saturated rings. The fraction of sp³-hybridized carbons (Fsp3) is 0.0769. The zero-order chi connectivity index (χ0) is 14.9. The summed E-state index contributed by atoms with van der Waals surface area (Å²) < 4.78 is 23.1. The molecule has 2 aromatic carbocycles. The molecule has 0 saturated carbocycles. The third-order valence-electron chi connectivity index (χ3n) is 2.68. The predicted molar refractivity (Wildman–Crippen MR) is 82.5 cm³/mol. The van der Waals surface area contributed by atoms with Gasteiger partial charge in [-0.15, -0.1) is 0 Å². The van der Waals surface area contributed by atoms with Gasteiger partial charge in [-0.05, 0) is 48.9 Å². The van der Waals surface area contributed by atoms with Gasteiger partial charge in [0.25, 0.3) is 0 Å². The Labute approximate surface area is 127 Å². The Morgan fingerprint density at radius 3 is 2.30 bits per heavy atom. The Bertz CT molecular complexity index is 744. The summed E-state index contributed by atoms with van der Waals surface area (Å²) in [5.41, 5.74) is 6.69. The summed E-state index contributed by atoms with van der Waals surface area (Å²) in [7, 11) is -3.79. The molecule has 0 saturated heterocycles. The SMILES string of the molecule is Cc1c(Sc2ccc(Cl)cc2)cc(N)cc1S(N)(=O)=O. The Kier molecular flexibility index (Phi) is 4.29. The monoisotopic (exact) mass is 328 g/mol. The summed E-state index contributed by atoms with van der Waals surface area (Å²) in [6.07, 6.45) is 0. The molecule has 0 heterocycles. The van der Waals surface area contributed by atoms with Crippen molar-refractivity contribution in [2.45, 2.75) is 21.6 Å². The molecule has 2 rings (SSSR count). The molecule has 0 aromatic heterocycles. The van der Waals surface area contributed by atoms with Crippen LogP contribution in [0.25, 0.3) is 0 Å². The van der Waals surface area contributed by atoms with Crippen LogP contribution in [0.5, 0.6) is 0 Å². The number of primary sulfonamides is 1. The van der Waals surface area contributed by atoms with Gasteiger partial charge in [-0.25, -0.2) is 13.6 Å². The van der Waals surface area contributed by atoms with Crippen LogP contribution in [0.4, 0.5) is 5.69 Å². The standard InChI is InChI=1S/C13H13ClN2O2S2/c1-8-12(19-11-4-2-9(14)3-5-11)6-10(15)7-13(8)20(16,17)18/h2-7H,15H2,1H3,(H2,16,17,18). The molecule has 7 heteroatoms. The average molecular weight is 329 g/mol. The lowest BCUT2D eigenvalue weighted by atomic mass is 10.2. The maximum absolute atomic E-state index is 11.6. The summed E-state index contributed by atoms with van der Waals surface area (Å²) in [4.78, 5) is 1.73. The van der Waals surface area contributed by atoms with Crippen LogP contribution in [0.2, 0.25) is 5.02 Å². The van der Waals surface area contributed by atoms with E-state index in [1.807, 2.05) is 12.1 Å². The lowest BCUT2D eigenvalue weighted by Crippen LogP contribution is -2.14. The van der Waals surface area contributed by atoms with Crippen molar-refractivity contribution in [3.8, 4) is 0 Å². The van der Waals surface area contributed by atoms with E-state index in [0.717, 1.165) is 9.79 Å². The molecule has 0 aliphatic carbocycles. The first-order valence-electron chi connectivity index (χ1n) is 5.64. The van der Waals surface area contributed by atoms with Gasteiger partial charge in [0, 0.05) is 20.5 Å². The normalized spacial score (nSPS) is 11.6. The lowest BCUT2D eigenvalue weighted by molar-refractivity contribution is 0.597. The molecule has 2 aromatic rings. The molecule has 0 bridgehead atoms. The molecule has 0 atom stereocenters. The highest BCUT2D eigenvalue weighted by atomic mass is 35.5. The van der Waals surface area contributed by atoms with Crippen LogP contribution in [0.3, 0.4) is 0 Å². The third kappa shape index (κ3) is 3.46. The summed E-state index contributed by atoms with van der Waals surface area (Å²) in [5, 5.41) is 5.84. The first kappa shape index (κ1) is 15.2. The smallest absolute Gasteiger partial charge is 0.238 e. The van der Waals surface area contributed by atoms with Gasteiger partial charge in [-0.3, -0.25) is 0 Å². The number of rotatable bonds is 3. The molecular formula is C13H13ClN2O2S2. The number of sulfonamides is 1. The number of benzene rings is 2. The van der Waals surface area contributed by atoms with E-state index in [2.05, 4.69) is 0 Å². The first-order chi connectivity index (χ1) is 9.27. The molecule has 20 heavy (non-hydrogen) atoms. The summed E-state index contributed by atoms with van der Waals surface area (Å²) in [5.74, 6) is 0. The summed E-state index contributed by atoms with van der Waals surface area (Å²) in [6, 6.07) is 10.3. The van der Waals surface area contributed by atoms with Gasteiger partial charge in [0.2, 0.25) is 10.0 Å². The maximum atomic E-state index is 11.6. The maximum Gasteiger partial charge on any atom is 0.238 e. The minimum absolute atomic E-state index is 0.0500. The second-order valence-electron chi connectivity index (χ2n) is 4.24. The third-order valence-corrected chi connectivity index (χ3v) is 5.12. The van der Waals surface area contributed by atoms with Crippen molar-refractivity contribution in [1.29, 1.82) is 0 Å². The van der Waals surface area contributed by atoms with Crippen molar-refractivity contribution < 1.29 is 8.42 Å². The van der Waals surface area contributed by atoms with Crippen molar-refractivity contribution in [1.82, 2.24) is 0 Å². The molecule has 0 aliphatic heterocycles. The zero-order valence-electron chi connectivity index (χ0n) is 10.6. The van der Waals surface area contributed by atoms with E-state index in [0.29, 0.717) is 16.3 Å². The van der Waals surface area contributed by atoms with Gasteiger partial charge >= 0.3 is 0 Å². The Hall–Kier alpha value is -1.21. The van der Waals surface area contributed by atoms with E-state index in [-0.39, 0.29) is 4.90 Å². The van der Waals surface area contributed by atoms with Crippen molar-refractivity contribution in [3.05, 3.63) is 47.0 Å². The van der Waals surface area contributed by atoms with Crippen LogP contribution in [0.1, 0.15) is 5.56 Å². The molecule has 0 amide bonds.